The molecule has 2 nitrogen and oxygen atoms in total. The van der Waals surface area contributed by atoms with Gasteiger partial charge in [-0.1, -0.05) is 33.5 Å². The second-order valence-electron chi connectivity index (χ2n) is 4.53. The molecule has 0 heterocycles. The lowest BCUT2D eigenvalue weighted by molar-refractivity contribution is 0.0364. The molecule has 0 radical (unpaired) electrons. The fourth-order valence-electron chi connectivity index (χ4n) is 0.884. The van der Waals surface area contributed by atoms with E-state index in [0.29, 0.717) is 0 Å². The second kappa shape index (κ2) is 6.93. The molecule has 0 atom stereocenters. The minimum atomic E-state index is -1.23. The van der Waals surface area contributed by atoms with Crippen molar-refractivity contribution in [1.82, 2.24) is 0 Å². The normalized spacial score (nSPS) is 10.9. The van der Waals surface area contributed by atoms with E-state index in [1.165, 1.54) is 0 Å². The third-order valence-corrected chi connectivity index (χ3v) is 2.55. The predicted molar refractivity (Wildman–Crippen MR) is 63.9 cm³/mol. The van der Waals surface area contributed by atoms with Gasteiger partial charge in [0.25, 0.3) is 5.95 Å². The van der Waals surface area contributed by atoms with Gasteiger partial charge in [-0.15, -0.1) is 0 Å². The molecular formula is C11H24O2Si. The van der Waals surface area contributed by atoms with Crippen LogP contribution in [0.2, 0.25) is 19.6 Å². The number of hydrogen-bond donors (Lipinski definition) is 0. The first-order chi connectivity index (χ1) is 6.49. The molecule has 0 aromatic heterocycles. The topological polar surface area (TPSA) is 18.5 Å². The molecule has 3 heteroatoms. The van der Waals surface area contributed by atoms with Crippen LogP contribution in [0, 0.1) is 0 Å². The van der Waals surface area contributed by atoms with Crippen molar-refractivity contribution in [2.24, 2.45) is 0 Å². The summed E-state index contributed by atoms with van der Waals surface area (Å²) in [6.07, 6.45) is 2.05. The van der Waals surface area contributed by atoms with Crippen LogP contribution < -0.4 is 0 Å². The monoisotopic (exact) mass is 216 g/mol. The van der Waals surface area contributed by atoms with Gasteiger partial charge in [0.2, 0.25) is 0 Å². The lowest BCUT2D eigenvalue weighted by Gasteiger charge is -2.15. The Morgan fingerprint density at radius 2 is 1.43 bits per heavy atom. The van der Waals surface area contributed by atoms with E-state index in [9.17, 15) is 0 Å². The van der Waals surface area contributed by atoms with Gasteiger partial charge < -0.3 is 9.47 Å². The van der Waals surface area contributed by atoms with Crippen LogP contribution in [0.3, 0.4) is 0 Å². The number of rotatable bonds is 7. The first kappa shape index (κ1) is 13.6. The van der Waals surface area contributed by atoms with E-state index in [1.807, 2.05) is 0 Å². The maximum atomic E-state index is 5.54. The lowest BCUT2D eigenvalue weighted by atomic mass is 10.5. The van der Waals surface area contributed by atoms with Crippen molar-refractivity contribution < 1.29 is 9.47 Å². The van der Waals surface area contributed by atoms with Crippen molar-refractivity contribution >= 4 is 8.07 Å². The van der Waals surface area contributed by atoms with Gasteiger partial charge in [0, 0.05) is 0 Å². The lowest BCUT2D eigenvalue weighted by Crippen LogP contribution is -2.18. The average Bonchev–Trinajstić information content (AvgIpc) is 2.07. The van der Waals surface area contributed by atoms with Gasteiger partial charge >= 0.3 is 0 Å². The van der Waals surface area contributed by atoms with E-state index in [0.717, 1.165) is 32.0 Å². The zero-order chi connectivity index (χ0) is 11.0. The van der Waals surface area contributed by atoms with Gasteiger partial charge in [-0.2, -0.15) is 0 Å². The molecule has 0 aromatic rings. The molecule has 0 fully saturated rings. The molecule has 0 unspecified atom stereocenters. The molecule has 0 amide bonds. The first-order valence-electron chi connectivity index (χ1n) is 5.48. The largest absolute Gasteiger partial charge is 0.466 e. The highest BCUT2D eigenvalue weighted by atomic mass is 28.3. The number of ether oxygens (including phenoxy) is 2. The van der Waals surface area contributed by atoms with E-state index in [1.54, 1.807) is 0 Å². The average molecular weight is 216 g/mol. The van der Waals surface area contributed by atoms with Crippen molar-refractivity contribution in [2.45, 2.75) is 46.3 Å². The van der Waals surface area contributed by atoms with Crippen LogP contribution in [0.5, 0.6) is 0 Å². The van der Waals surface area contributed by atoms with Crippen molar-refractivity contribution in [2.75, 3.05) is 13.2 Å². The Hall–Kier alpha value is -0.443. The van der Waals surface area contributed by atoms with E-state index in [4.69, 9.17) is 9.47 Å². The molecule has 0 N–H and O–H groups in total. The van der Waals surface area contributed by atoms with Gasteiger partial charge in [-0.05, 0) is 18.5 Å². The highest BCUT2D eigenvalue weighted by Gasteiger charge is 2.12. The summed E-state index contributed by atoms with van der Waals surface area (Å²) in [7, 11) is -1.23. The third kappa shape index (κ3) is 8.17. The Balaban J connectivity index is 4.15. The van der Waals surface area contributed by atoms with Crippen molar-refractivity contribution in [3.63, 3.8) is 0 Å². The molecule has 0 saturated carbocycles. The molecule has 0 aliphatic rings. The second-order valence-corrected chi connectivity index (χ2v) is 9.55. The summed E-state index contributed by atoms with van der Waals surface area (Å²) in [5.41, 5.74) is 2.18. The quantitative estimate of drug-likeness (QED) is 0.478. The molecule has 0 rings (SSSR count). The minimum absolute atomic E-state index is 0.743. The van der Waals surface area contributed by atoms with Gasteiger partial charge in [0.15, 0.2) is 0 Å². The summed E-state index contributed by atoms with van der Waals surface area (Å²) in [6.45, 7) is 12.5. The van der Waals surface area contributed by atoms with Gasteiger partial charge in [-0.3, -0.25) is 0 Å². The van der Waals surface area contributed by atoms with Crippen LogP contribution >= 0.6 is 0 Å². The molecule has 0 aliphatic carbocycles. The molecular weight excluding hydrogens is 192 g/mol. The molecule has 84 valence electrons. The fraction of sp³-hybridized carbons (Fsp3) is 0.818. The van der Waals surface area contributed by atoms with E-state index < -0.39 is 8.07 Å². The SMILES string of the molecule is CCCOC(=C[Si](C)(C)C)OCCC. The van der Waals surface area contributed by atoms with Crippen LogP contribution in [0.1, 0.15) is 26.7 Å². The summed E-state index contributed by atoms with van der Waals surface area (Å²) >= 11 is 0. The van der Waals surface area contributed by atoms with Gasteiger partial charge in [0.1, 0.15) is 0 Å². The van der Waals surface area contributed by atoms with Crippen LogP contribution in [0.25, 0.3) is 0 Å². The molecule has 0 bridgehead atoms. The van der Waals surface area contributed by atoms with Crippen LogP contribution in [-0.4, -0.2) is 21.3 Å². The Morgan fingerprint density at radius 3 is 1.71 bits per heavy atom. The Bertz CT molecular complexity index is 161. The van der Waals surface area contributed by atoms with Crippen molar-refractivity contribution in [1.29, 1.82) is 0 Å². The zero-order valence-corrected chi connectivity index (χ0v) is 11.2. The maximum Gasteiger partial charge on any atom is 0.270 e. The molecule has 0 saturated heterocycles. The highest BCUT2D eigenvalue weighted by Crippen LogP contribution is 2.10. The first-order valence-corrected chi connectivity index (χ1v) is 9.05. The predicted octanol–water partition coefficient (Wildman–Crippen LogP) is 3.56. The molecule has 0 aromatic carbocycles. The van der Waals surface area contributed by atoms with E-state index >= 15 is 0 Å². The summed E-state index contributed by atoms with van der Waals surface area (Å²) < 4.78 is 11.1. The molecule has 14 heavy (non-hydrogen) atoms. The fourth-order valence-corrected chi connectivity index (χ4v) is 1.76. The minimum Gasteiger partial charge on any atom is -0.466 e. The standard InChI is InChI=1S/C11H24O2Si/c1-6-8-12-11(13-9-7-2)10-14(3,4)5/h10H,6-9H2,1-5H3. The van der Waals surface area contributed by atoms with Crippen molar-refractivity contribution in [3.8, 4) is 0 Å². The molecule has 0 spiro atoms. The van der Waals surface area contributed by atoms with Crippen molar-refractivity contribution in [3.05, 3.63) is 11.6 Å². The summed E-state index contributed by atoms with van der Waals surface area (Å²) in [5, 5.41) is 0. The Kier molecular flexibility index (Phi) is 6.71. The van der Waals surface area contributed by atoms with Crippen LogP contribution in [-0.2, 0) is 9.47 Å². The van der Waals surface area contributed by atoms with E-state index in [-0.39, 0.29) is 0 Å². The Labute approximate surface area is 89.3 Å². The van der Waals surface area contributed by atoms with Crippen LogP contribution in [0.15, 0.2) is 11.6 Å². The van der Waals surface area contributed by atoms with Crippen LogP contribution in [0.4, 0.5) is 0 Å². The summed E-state index contributed by atoms with van der Waals surface area (Å²) in [6, 6.07) is 0. The van der Waals surface area contributed by atoms with Gasteiger partial charge in [-0.25, -0.2) is 0 Å². The smallest absolute Gasteiger partial charge is 0.270 e. The summed E-state index contributed by atoms with van der Waals surface area (Å²) in [5.74, 6) is 0.743. The number of hydrogen-bond acceptors (Lipinski definition) is 2. The Morgan fingerprint density at radius 1 is 1.00 bits per heavy atom. The zero-order valence-electron chi connectivity index (χ0n) is 10.2. The molecule has 0 aliphatic heterocycles. The maximum absolute atomic E-state index is 5.54. The summed E-state index contributed by atoms with van der Waals surface area (Å²) in [4.78, 5) is 0. The van der Waals surface area contributed by atoms with E-state index in [2.05, 4.69) is 39.2 Å². The highest BCUT2D eigenvalue weighted by molar-refractivity contribution is 6.81. The third-order valence-electron chi connectivity index (χ3n) is 1.45. The van der Waals surface area contributed by atoms with Gasteiger partial charge in [0.05, 0.1) is 21.3 Å².